The van der Waals surface area contributed by atoms with Crippen LogP contribution in [0.2, 0.25) is 0 Å². The van der Waals surface area contributed by atoms with Gasteiger partial charge in [0.25, 0.3) is 5.91 Å². The van der Waals surface area contributed by atoms with E-state index in [1.165, 1.54) is 15.6 Å². The van der Waals surface area contributed by atoms with Crippen molar-refractivity contribution >= 4 is 12.0 Å². The van der Waals surface area contributed by atoms with Gasteiger partial charge in [-0.25, -0.2) is 4.79 Å². The van der Waals surface area contributed by atoms with Gasteiger partial charge in [0.2, 0.25) is 0 Å². The second-order valence-corrected chi connectivity index (χ2v) is 6.85. The molecular weight excluding hydrogens is 434 g/mol. The Morgan fingerprint density at radius 2 is 1.61 bits per heavy atom. The van der Waals surface area contributed by atoms with E-state index in [2.05, 4.69) is 5.10 Å². The summed E-state index contributed by atoms with van der Waals surface area (Å²) in [6, 6.07) is 2.40. The molecule has 0 spiro atoms. The van der Waals surface area contributed by atoms with Gasteiger partial charge in [0.05, 0.1) is 23.4 Å². The van der Waals surface area contributed by atoms with Crippen molar-refractivity contribution in [2.24, 2.45) is 5.73 Å². The van der Waals surface area contributed by atoms with Crippen LogP contribution in [0, 0.1) is 0 Å². The Hall–Kier alpha value is -3.25. The SMILES string of the molecule is NC(=O)c1cc2n(n1)CCCN(C(=O)OCc1cc(C(F)(F)F)cc(C(F)(F)F)c1)C2. The lowest BCUT2D eigenvalue weighted by atomic mass is 10.1. The van der Waals surface area contributed by atoms with Crippen LogP contribution in [0.1, 0.15) is 39.3 Å². The van der Waals surface area contributed by atoms with Crippen LogP contribution in [0.25, 0.3) is 0 Å². The third-order valence-corrected chi connectivity index (χ3v) is 4.53. The van der Waals surface area contributed by atoms with Crippen LogP contribution in [0.3, 0.4) is 0 Å². The van der Waals surface area contributed by atoms with Crippen LogP contribution in [0.5, 0.6) is 0 Å². The minimum absolute atomic E-state index is 0.00238. The van der Waals surface area contributed by atoms with Crippen LogP contribution in [0.4, 0.5) is 31.1 Å². The summed E-state index contributed by atoms with van der Waals surface area (Å²) in [6.07, 6.45) is -10.5. The second-order valence-electron chi connectivity index (χ2n) is 6.85. The first kappa shape index (κ1) is 22.4. The van der Waals surface area contributed by atoms with Gasteiger partial charge < -0.3 is 15.4 Å². The van der Waals surface area contributed by atoms with Gasteiger partial charge >= 0.3 is 18.4 Å². The van der Waals surface area contributed by atoms with E-state index in [4.69, 9.17) is 10.5 Å². The highest BCUT2D eigenvalue weighted by Gasteiger charge is 2.37. The van der Waals surface area contributed by atoms with Crippen molar-refractivity contribution in [3.8, 4) is 0 Å². The van der Waals surface area contributed by atoms with E-state index in [1.807, 2.05) is 0 Å². The summed E-state index contributed by atoms with van der Waals surface area (Å²) in [6.45, 7) is -0.205. The molecule has 13 heteroatoms. The number of nitrogens with zero attached hydrogens (tertiary/aromatic N) is 3. The van der Waals surface area contributed by atoms with Gasteiger partial charge in [0.15, 0.2) is 0 Å². The van der Waals surface area contributed by atoms with Crippen molar-refractivity contribution < 1.29 is 40.7 Å². The van der Waals surface area contributed by atoms with Crippen molar-refractivity contribution in [1.82, 2.24) is 14.7 Å². The summed E-state index contributed by atoms with van der Waals surface area (Å²) in [5.41, 5.74) is 2.23. The topological polar surface area (TPSA) is 90.5 Å². The van der Waals surface area contributed by atoms with E-state index in [1.54, 1.807) is 0 Å². The van der Waals surface area contributed by atoms with Crippen molar-refractivity contribution in [3.63, 3.8) is 0 Å². The van der Waals surface area contributed by atoms with Crippen molar-refractivity contribution in [1.29, 1.82) is 0 Å². The summed E-state index contributed by atoms with van der Waals surface area (Å²) in [4.78, 5) is 24.8. The Morgan fingerprint density at radius 3 is 2.16 bits per heavy atom. The van der Waals surface area contributed by atoms with Crippen LogP contribution in [-0.4, -0.2) is 33.2 Å². The maximum absolute atomic E-state index is 12.9. The Labute approximate surface area is 171 Å². The number of benzene rings is 1. The molecule has 168 valence electrons. The van der Waals surface area contributed by atoms with Gasteiger partial charge in [-0.2, -0.15) is 31.4 Å². The number of ether oxygens (including phenoxy) is 1. The van der Waals surface area contributed by atoms with Crippen LogP contribution < -0.4 is 5.73 Å². The fourth-order valence-electron chi connectivity index (χ4n) is 3.08. The number of halogens is 6. The van der Waals surface area contributed by atoms with Crippen LogP contribution >= 0.6 is 0 Å². The average molecular weight is 450 g/mol. The van der Waals surface area contributed by atoms with E-state index in [-0.39, 0.29) is 24.8 Å². The number of rotatable bonds is 3. The number of aryl methyl sites for hydroxylation is 1. The molecule has 31 heavy (non-hydrogen) atoms. The predicted molar refractivity (Wildman–Crippen MR) is 92.4 cm³/mol. The zero-order chi connectivity index (χ0) is 23.0. The molecule has 2 heterocycles. The standard InChI is InChI=1S/C18H16F6N4O3/c19-17(20,21)11-4-10(5-12(6-11)18(22,23)24)9-31-16(30)27-2-1-3-28-13(8-27)7-14(26-28)15(25)29/h4-7H,1-3,8-9H2,(H2,25,29). The minimum atomic E-state index is -5.00. The number of alkyl halides is 6. The first-order chi connectivity index (χ1) is 14.3. The van der Waals surface area contributed by atoms with E-state index >= 15 is 0 Å². The number of nitrogens with two attached hydrogens (primary N) is 1. The highest BCUT2D eigenvalue weighted by atomic mass is 19.4. The highest BCUT2D eigenvalue weighted by molar-refractivity contribution is 5.90. The number of fused-ring (bicyclic) bond motifs is 1. The first-order valence-electron chi connectivity index (χ1n) is 8.91. The smallest absolute Gasteiger partial charge is 0.416 e. The molecule has 0 aliphatic carbocycles. The molecule has 1 aliphatic rings. The first-order valence-corrected chi connectivity index (χ1v) is 8.91. The van der Waals surface area contributed by atoms with Gasteiger partial charge in [-0.15, -0.1) is 0 Å². The lowest BCUT2D eigenvalue weighted by Gasteiger charge is -2.20. The van der Waals surface area contributed by atoms with E-state index in [0.29, 0.717) is 30.8 Å². The summed E-state index contributed by atoms with van der Waals surface area (Å²) >= 11 is 0. The maximum Gasteiger partial charge on any atom is 0.416 e. The molecule has 0 radical (unpaired) electrons. The van der Waals surface area contributed by atoms with Gasteiger partial charge in [0, 0.05) is 13.1 Å². The van der Waals surface area contributed by atoms with Gasteiger partial charge in [-0.05, 0) is 36.2 Å². The predicted octanol–water partition coefficient (Wildman–Crippen LogP) is 3.56. The number of aromatic nitrogens is 2. The Morgan fingerprint density at radius 1 is 1.00 bits per heavy atom. The molecular formula is C18H16F6N4O3. The largest absolute Gasteiger partial charge is 0.445 e. The van der Waals surface area contributed by atoms with Gasteiger partial charge in [-0.3, -0.25) is 9.48 Å². The number of carbonyl (C=O) groups excluding carboxylic acids is 2. The number of carbonyl (C=O) groups is 2. The van der Waals surface area contributed by atoms with E-state index < -0.39 is 47.7 Å². The average Bonchev–Trinajstić information content (AvgIpc) is 2.96. The molecule has 1 aromatic heterocycles. The molecule has 0 unspecified atom stereocenters. The molecule has 0 fully saturated rings. The maximum atomic E-state index is 12.9. The lowest BCUT2D eigenvalue weighted by Crippen LogP contribution is -2.31. The molecule has 0 saturated carbocycles. The number of hydrogen-bond acceptors (Lipinski definition) is 4. The molecule has 2 N–H and O–H groups in total. The van der Waals surface area contributed by atoms with Gasteiger partial charge in [-0.1, -0.05) is 0 Å². The quantitative estimate of drug-likeness (QED) is 0.725. The summed E-state index contributed by atoms with van der Waals surface area (Å²) in [5.74, 6) is -0.750. The van der Waals surface area contributed by atoms with Crippen LogP contribution in [-0.2, 0) is 36.8 Å². The Kier molecular flexibility index (Phi) is 5.87. The summed E-state index contributed by atoms with van der Waals surface area (Å²) < 4.78 is 84.1. The zero-order valence-electron chi connectivity index (χ0n) is 15.8. The molecule has 2 amide bonds. The number of amides is 2. The normalized spacial score (nSPS) is 14.7. The van der Waals surface area contributed by atoms with E-state index in [0.717, 1.165) is 0 Å². The monoisotopic (exact) mass is 450 g/mol. The molecule has 0 atom stereocenters. The second kappa shape index (κ2) is 8.12. The number of hydrogen-bond donors (Lipinski definition) is 1. The third-order valence-electron chi connectivity index (χ3n) is 4.53. The molecule has 7 nitrogen and oxygen atoms in total. The number of primary amides is 1. The fourth-order valence-corrected chi connectivity index (χ4v) is 3.08. The van der Waals surface area contributed by atoms with E-state index in [9.17, 15) is 35.9 Å². The zero-order valence-corrected chi connectivity index (χ0v) is 15.8. The summed E-state index contributed by atoms with van der Waals surface area (Å²) in [5, 5.41) is 4.01. The minimum Gasteiger partial charge on any atom is -0.445 e. The molecule has 2 aromatic rings. The Balaban J connectivity index is 1.74. The lowest BCUT2D eigenvalue weighted by molar-refractivity contribution is -0.143. The molecule has 0 saturated heterocycles. The molecule has 1 aliphatic heterocycles. The molecule has 0 bridgehead atoms. The van der Waals surface area contributed by atoms with Crippen molar-refractivity contribution in [2.45, 2.75) is 38.5 Å². The van der Waals surface area contributed by atoms with Crippen LogP contribution in [0.15, 0.2) is 24.3 Å². The molecule has 3 rings (SSSR count). The Bertz CT molecular complexity index is 967. The third kappa shape index (κ3) is 5.27. The van der Waals surface area contributed by atoms with Crippen molar-refractivity contribution in [2.75, 3.05) is 6.54 Å². The summed E-state index contributed by atoms with van der Waals surface area (Å²) in [7, 11) is 0. The van der Waals surface area contributed by atoms with Crippen molar-refractivity contribution in [3.05, 3.63) is 52.3 Å². The van der Waals surface area contributed by atoms with Gasteiger partial charge in [0.1, 0.15) is 12.3 Å². The molecule has 1 aromatic carbocycles. The highest BCUT2D eigenvalue weighted by Crippen LogP contribution is 2.36. The fraction of sp³-hybridized carbons (Fsp3) is 0.389.